The number of fused-ring (bicyclic) bond motifs is 2. The van der Waals surface area contributed by atoms with E-state index in [2.05, 4.69) is 21.2 Å². The van der Waals surface area contributed by atoms with Crippen molar-refractivity contribution in [2.45, 2.75) is 31.3 Å². The maximum atomic E-state index is 12.5. The molecule has 1 N–H and O–H groups in total. The molecule has 1 aromatic rings. The predicted molar refractivity (Wildman–Crippen MR) is 74.6 cm³/mol. The van der Waals surface area contributed by atoms with Crippen molar-refractivity contribution in [3.05, 3.63) is 34.3 Å². The number of hydrogen-bond acceptors (Lipinski definition) is 2. The van der Waals surface area contributed by atoms with Crippen molar-refractivity contribution in [2.75, 3.05) is 13.1 Å². The number of hydrogen-bond donors (Lipinski definition) is 1. The number of carbonyl (C=O) groups is 1. The Morgan fingerprint density at radius 2 is 2.11 bits per heavy atom. The molecule has 0 aliphatic carbocycles. The molecule has 4 heteroatoms. The van der Waals surface area contributed by atoms with Crippen LogP contribution < -0.4 is 5.32 Å². The number of likely N-dealkylation sites (tertiary alicyclic amines) is 1. The van der Waals surface area contributed by atoms with E-state index in [-0.39, 0.29) is 5.91 Å². The van der Waals surface area contributed by atoms with Gasteiger partial charge in [0.1, 0.15) is 0 Å². The van der Waals surface area contributed by atoms with Gasteiger partial charge in [0.2, 0.25) is 0 Å². The summed E-state index contributed by atoms with van der Waals surface area (Å²) in [6.45, 7) is 1.72. The summed E-state index contributed by atoms with van der Waals surface area (Å²) >= 11 is 3.42. The van der Waals surface area contributed by atoms with Gasteiger partial charge in [0.15, 0.2) is 0 Å². The second-order valence-electron chi connectivity index (χ2n) is 5.19. The predicted octanol–water partition coefficient (Wildman–Crippen LogP) is 2.42. The monoisotopic (exact) mass is 308 g/mol. The van der Waals surface area contributed by atoms with Gasteiger partial charge in [-0.3, -0.25) is 4.79 Å². The van der Waals surface area contributed by atoms with Crippen molar-refractivity contribution in [3.8, 4) is 0 Å². The van der Waals surface area contributed by atoms with E-state index in [1.807, 2.05) is 29.2 Å². The number of halogens is 1. The standard InChI is InChI=1S/C14H17BrN2O/c15-11-3-1-2-10(8-11)14(18)17-7-6-12-4-5-13(9-17)16-12/h1-3,8,12-13,16H,4-7,9H2. The molecule has 2 fully saturated rings. The van der Waals surface area contributed by atoms with Gasteiger partial charge >= 0.3 is 0 Å². The first-order chi connectivity index (χ1) is 8.72. The highest BCUT2D eigenvalue weighted by Crippen LogP contribution is 2.22. The molecule has 2 bridgehead atoms. The molecule has 1 amide bonds. The van der Waals surface area contributed by atoms with Crippen LogP contribution in [0.5, 0.6) is 0 Å². The number of nitrogens with one attached hydrogen (secondary N) is 1. The number of rotatable bonds is 1. The Bertz CT molecular complexity index is 463. The summed E-state index contributed by atoms with van der Waals surface area (Å²) in [6.07, 6.45) is 3.55. The summed E-state index contributed by atoms with van der Waals surface area (Å²) in [7, 11) is 0. The lowest BCUT2D eigenvalue weighted by molar-refractivity contribution is 0.0748. The lowest BCUT2D eigenvalue weighted by Gasteiger charge is -2.24. The fraction of sp³-hybridized carbons (Fsp3) is 0.500. The van der Waals surface area contributed by atoms with E-state index in [1.54, 1.807) is 0 Å². The summed E-state index contributed by atoms with van der Waals surface area (Å²) in [5.41, 5.74) is 0.780. The second-order valence-corrected chi connectivity index (χ2v) is 6.10. The molecule has 2 aliphatic heterocycles. The topological polar surface area (TPSA) is 32.3 Å². The van der Waals surface area contributed by atoms with E-state index in [1.165, 1.54) is 12.8 Å². The Hall–Kier alpha value is -0.870. The minimum atomic E-state index is 0.158. The lowest BCUT2D eigenvalue weighted by Crippen LogP contribution is -2.39. The van der Waals surface area contributed by atoms with Crippen LogP contribution in [0.2, 0.25) is 0 Å². The van der Waals surface area contributed by atoms with Crippen LogP contribution in [0.15, 0.2) is 28.7 Å². The van der Waals surface area contributed by atoms with Crippen LogP contribution in [0.3, 0.4) is 0 Å². The highest BCUT2D eigenvalue weighted by molar-refractivity contribution is 9.10. The normalized spacial score (nSPS) is 27.1. The van der Waals surface area contributed by atoms with E-state index in [9.17, 15) is 4.79 Å². The van der Waals surface area contributed by atoms with Crippen LogP contribution in [0.25, 0.3) is 0 Å². The third kappa shape index (κ3) is 2.45. The van der Waals surface area contributed by atoms with E-state index in [4.69, 9.17) is 0 Å². The molecule has 1 aromatic carbocycles. The summed E-state index contributed by atoms with van der Waals surface area (Å²) in [5, 5.41) is 3.60. The Morgan fingerprint density at radius 3 is 2.94 bits per heavy atom. The SMILES string of the molecule is O=C(c1cccc(Br)c1)N1CCC2CCC(C1)N2. The van der Waals surface area contributed by atoms with Crippen molar-refractivity contribution in [1.82, 2.24) is 10.2 Å². The maximum absolute atomic E-state index is 12.5. The molecule has 0 radical (unpaired) electrons. The average molecular weight is 309 g/mol. The van der Waals surface area contributed by atoms with Gasteiger partial charge in [0.05, 0.1) is 0 Å². The molecule has 18 heavy (non-hydrogen) atoms. The van der Waals surface area contributed by atoms with Gasteiger partial charge in [0.25, 0.3) is 5.91 Å². The van der Waals surface area contributed by atoms with Crippen LogP contribution in [0, 0.1) is 0 Å². The number of carbonyl (C=O) groups excluding carboxylic acids is 1. The van der Waals surface area contributed by atoms with E-state index < -0.39 is 0 Å². The molecule has 2 atom stereocenters. The highest BCUT2D eigenvalue weighted by Gasteiger charge is 2.31. The fourth-order valence-corrected chi connectivity index (χ4v) is 3.33. The van der Waals surface area contributed by atoms with Gasteiger partial charge in [-0.1, -0.05) is 22.0 Å². The zero-order chi connectivity index (χ0) is 12.5. The third-order valence-corrected chi connectivity index (χ3v) is 4.38. The molecule has 96 valence electrons. The van der Waals surface area contributed by atoms with Crippen LogP contribution in [0.1, 0.15) is 29.6 Å². The molecule has 2 aliphatic rings. The molecule has 3 nitrogen and oxygen atoms in total. The van der Waals surface area contributed by atoms with Crippen molar-refractivity contribution >= 4 is 21.8 Å². The van der Waals surface area contributed by atoms with Gasteiger partial charge in [-0.25, -0.2) is 0 Å². The third-order valence-electron chi connectivity index (χ3n) is 3.88. The minimum absolute atomic E-state index is 0.158. The number of benzene rings is 1. The quantitative estimate of drug-likeness (QED) is 0.864. The fourth-order valence-electron chi connectivity index (χ4n) is 2.93. The molecule has 2 heterocycles. The zero-order valence-corrected chi connectivity index (χ0v) is 11.8. The van der Waals surface area contributed by atoms with Crippen molar-refractivity contribution in [2.24, 2.45) is 0 Å². The maximum Gasteiger partial charge on any atom is 0.253 e. The first-order valence-corrected chi connectivity index (χ1v) is 7.32. The Kier molecular flexibility index (Phi) is 3.39. The van der Waals surface area contributed by atoms with Crippen LogP contribution in [0.4, 0.5) is 0 Å². The summed E-state index contributed by atoms with van der Waals surface area (Å²) in [6, 6.07) is 8.77. The summed E-state index contributed by atoms with van der Waals surface area (Å²) in [4.78, 5) is 14.5. The second kappa shape index (κ2) is 5.02. The summed E-state index contributed by atoms with van der Waals surface area (Å²) in [5.74, 6) is 0.158. The molecule has 2 saturated heterocycles. The van der Waals surface area contributed by atoms with Gasteiger partial charge < -0.3 is 10.2 Å². The summed E-state index contributed by atoms with van der Waals surface area (Å²) < 4.78 is 0.961. The van der Waals surface area contributed by atoms with Gasteiger partial charge in [-0.15, -0.1) is 0 Å². The number of amides is 1. The van der Waals surface area contributed by atoms with Crippen LogP contribution >= 0.6 is 15.9 Å². The largest absolute Gasteiger partial charge is 0.337 e. The van der Waals surface area contributed by atoms with Gasteiger partial charge in [0, 0.05) is 35.2 Å². The van der Waals surface area contributed by atoms with Crippen LogP contribution in [-0.4, -0.2) is 36.0 Å². The molecule has 3 rings (SSSR count). The smallest absolute Gasteiger partial charge is 0.253 e. The first kappa shape index (κ1) is 12.2. The molecule has 0 spiro atoms. The van der Waals surface area contributed by atoms with Gasteiger partial charge in [-0.2, -0.15) is 0 Å². The van der Waals surface area contributed by atoms with Gasteiger partial charge in [-0.05, 0) is 37.5 Å². The number of nitrogens with zero attached hydrogens (tertiary/aromatic N) is 1. The first-order valence-electron chi connectivity index (χ1n) is 6.53. The molecular formula is C14H17BrN2O. The van der Waals surface area contributed by atoms with E-state index in [0.717, 1.165) is 29.5 Å². The van der Waals surface area contributed by atoms with Crippen molar-refractivity contribution < 1.29 is 4.79 Å². The Labute approximate surface area is 116 Å². The minimum Gasteiger partial charge on any atom is -0.337 e. The highest BCUT2D eigenvalue weighted by atomic mass is 79.9. The lowest BCUT2D eigenvalue weighted by atomic mass is 10.1. The van der Waals surface area contributed by atoms with Crippen molar-refractivity contribution in [1.29, 1.82) is 0 Å². The van der Waals surface area contributed by atoms with E-state index in [0.29, 0.717) is 12.1 Å². The van der Waals surface area contributed by atoms with Crippen LogP contribution in [-0.2, 0) is 0 Å². The zero-order valence-electron chi connectivity index (χ0n) is 10.2. The molecular weight excluding hydrogens is 292 g/mol. The van der Waals surface area contributed by atoms with Crippen molar-refractivity contribution in [3.63, 3.8) is 0 Å². The Balaban J connectivity index is 1.76. The average Bonchev–Trinajstić information content (AvgIpc) is 2.68. The Morgan fingerprint density at radius 1 is 1.28 bits per heavy atom. The molecule has 0 saturated carbocycles. The van der Waals surface area contributed by atoms with E-state index >= 15 is 0 Å². The molecule has 2 unspecified atom stereocenters. The molecule has 0 aromatic heterocycles.